The number of imidazole rings is 1. The summed E-state index contributed by atoms with van der Waals surface area (Å²) in [6, 6.07) is 8.26. The number of anilines is 1. The van der Waals surface area contributed by atoms with Crippen LogP contribution >= 0.6 is 0 Å². The number of nitrogens with one attached hydrogen (secondary N) is 2. The number of hydrogen-bond donors (Lipinski definition) is 2. The smallest absolute Gasteiger partial charge is 0.237 e. The monoisotopic (exact) mass is 519 g/mol. The van der Waals surface area contributed by atoms with Crippen LogP contribution in [0.15, 0.2) is 43.0 Å². The molecule has 10 heteroatoms. The summed E-state index contributed by atoms with van der Waals surface area (Å²) in [6.45, 7) is 7.64. The van der Waals surface area contributed by atoms with Crippen molar-refractivity contribution in [2.24, 2.45) is 0 Å². The first kappa shape index (κ1) is 26.0. The zero-order chi connectivity index (χ0) is 26.3. The molecule has 2 N–H and O–H groups in total. The third-order valence-electron chi connectivity index (χ3n) is 7.02. The molecule has 2 unspecified atom stereocenters. The number of aryl methyl sites for hydroxylation is 2. The average Bonchev–Trinajstić information content (AvgIpc) is 3.47. The molecule has 2 aliphatic rings. The average molecular weight is 520 g/mol. The summed E-state index contributed by atoms with van der Waals surface area (Å²) in [5.41, 5.74) is 2.07. The maximum absolute atomic E-state index is 13.2. The Kier molecular flexibility index (Phi) is 8.37. The third-order valence-corrected chi connectivity index (χ3v) is 7.02. The SMILES string of the molecule is CCCC(CCc1ccc2c(c1)OCCO2)NC(=O)CC1CNCCN1c1cc(C)nc(-n2ccnc2)n1. The fraction of sp³-hybridized carbons (Fsp3) is 0.500. The number of aromatic nitrogens is 4. The van der Waals surface area contributed by atoms with Crippen LogP contribution in [0.1, 0.15) is 43.9 Å². The summed E-state index contributed by atoms with van der Waals surface area (Å²) in [6.07, 6.45) is 9.36. The molecule has 4 heterocycles. The molecule has 5 rings (SSSR count). The van der Waals surface area contributed by atoms with E-state index >= 15 is 0 Å². The number of ether oxygens (including phenoxy) is 2. The van der Waals surface area contributed by atoms with Crippen LogP contribution in [-0.2, 0) is 11.2 Å². The van der Waals surface area contributed by atoms with Crippen molar-refractivity contribution in [3.05, 3.63) is 54.2 Å². The number of fused-ring (bicyclic) bond motifs is 1. The molecule has 2 atom stereocenters. The number of benzene rings is 1. The van der Waals surface area contributed by atoms with Crippen molar-refractivity contribution >= 4 is 11.7 Å². The third kappa shape index (κ3) is 6.42. The highest BCUT2D eigenvalue weighted by molar-refractivity contribution is 5.77. The minimum Gasteiger partial charge on any atom is -0.486 e. The standard InChI is InChI=1S/C28H37N7O3/c1-3-4-22(7-5-21-6-8-24-25(16-21)38-14-13-37-24)32-27(36)17-23-18-29-10-12-35(23)26-15-20(2)31-28(33-26)34-11-9-30-19-34/h6,8-9,11,15-16,19,22-23,29H,3-5,7,10,12-14,17-18H2,1-2H3,(H,32,36). The molecule has 2 aromatic heterocycles. The first-order valence-electron chi connectivity index (χ1n) is 13.6. The maximum atomic E-state index is 13.2. The van der Waals surface area contributed by atoms with Gasteiger partial charge in [0.25, 0.3) is 0 Å². The van der Waals surface area contributed by atoms with E-state index < -0.39 is 0 Å². The molecular formula is C28H37N7O3. The van der Waals surface area contributed by atoms with E-state index in [9.17, 15) is 4.79 Å². The molecule has 1 fully saturated rings. The summed E-state index contributed by atoms with van der Waals surface area (Å²) in [5.74, 6) is 3.11. The largest absolute Gasteiger partial charge is 0.486 e. The van der Waals surface area contributed by atoms with Crippen LogP contribution in [0.2, 0.25) is 0 Å². The van der Waals surface area contributed by atoms with Gasteiger partial charge in [0, 0.05) is 56.3 Å². The molecule has 1 saturated heterocycles. The van der Waals surface area contributed by atoms with Crippen LogP contribution in [0.3, 0.4) is 0 Å². The fourth-order valence-corrected chi connectivity index (χ4v) is 5.14. The quantitative estimate of drug-likeness (QED) is 0.421. The lowest BCUT2D eigenvalue weighted by Crippen LogP contribution is -2.54. The summed E-state index contributed by atoms with van der Waals surface area (Å²) >= 11 is 0. The first-order chi connectivity index (χ1) is 18.6. The van der Waals surface area contributed by atoms with Gasteiger partial charge in [0.05, 0.1) is 6.04 Å². The zero-order valence-corrected chi connectivity index (χ0v) is 22.2. The highest BCUT2D eigenvalue weighted by Crippen LogP contribution is 2.31. The van der Waals surface area contributed by atoms with E-state index in [0.29, 0.717) is 25.6 Å². The molecule has 0 spiro atoms. The lowest BCUT2D eigenvalue weighted by Gasteiger charge is -2.37. The number of piperazine rings is 1. The van der Waals surface area contributed by atoms with Gasteiger partial charge < -0.3 is 25.0 Å². The number of rotatable bonds is 10. The number of carbonyl (C=O) groups excluding carboxylic acids is 1. The van der Waals surface area contributed by atoms with Gasteiger partial charge in [-0.2, -0.15) is 4.98 Å². The maximum Gasteiger partial charge on any atom is 0.237 e. The van der Waals surface area contributed by atoms with E-state index in [-0.39, 0.29) is 18.0 Å². The Bertz CT molecular complexity index is 1220. The van der Waals surface area contributed by atoms with Gasteiger partial charge >= 0.3 is 0 Å². The van der Waals surface area contributed by atoms with Crippen LogP contribution in [-0.4, -0.2) is 70.4 Å². The minimum absolute atomic E-state index is 0.00811. The molecule has 38 heavy (non-hydrogen) atoms. The molecule has 1 amide bonds. The van der Waals surface area contributed by atoms with Crippen molar-refractivity contribution in [2.45, 2.75) is 58.0 Å². The normalized spacial score (nSPS) is 17.7. The van der Waals surface area contributed by atoms with Crippen molar-refractivity contribution < 1.29 is 14.3 Å². The Morgan fingerprint density at radius 3 is 2.87 bits per heavy atom. The van der Waals surface area contributed by atoms with Crippen LogP contribution < -0.4 is 25.0 Å². The summed E-state index contributed by atoms with van der Waals surface area (Å²) in [4.78, 5) is 29.0. The topological polar surface area (TPSA) is 106 Å². The lowest BCUT2D eigenvalue weighted by atomic mass is 10.0. The van der Waals surface area contributed by atoms with E-state index in [4.69, 9.17) is 14.5 Å². The van der Waals surface area contributed by atoms with E-state index in [1.807, 2.05) is 25.3 Å². The fourth-order valence-electron chi connectivity index (χ4n) is 5.14. The predicted octanol–water partition coefficient (Wildman–Crippen LogP) is 2.83. The van der Waals surface area contributed by atoms with E-state index in [0.717, 1.165) is 68.3 Å². The van der Waals surface area contributed by atoms with Gasteiger partial charge in [-0.15, -0.1) is 0 Å². The van der Waals surface area contributed by atoms with Crippen molar-refractivity contribution in [3.63, 3.8) is 0 Å². The molecule has 202 valence electrons. The minimum atomic E-state index is 0.00811. The second kappa shape index (κ2) is 12.3. The van der Waals surface area contributed by atoms with Gasteiger partial charge in [-0.1, -0.05) is 19.4 Å². The Hall–Kier alpha value is -3.66. The van der Waals surface area contributed by atoms with Gasteiger partial charge in [0.15, 0.2) is 11.5 Å². The Labute approximate surface area is 223 Å². The Morgan fingerprint density at radius 1 is 1.18 bits per heavy atom. The number of hydrogen-bond acceptors (Lipinski definition) is 8. The van der Waals surface area contributed by atoms with E-state index in [2.05, 4.69) is 44.6 Å². The van der Waals surface area contributed by atoms with Crippen molar-refractivity contribution in [1.29, 1.82) is 0 Å². The van der Waals surface area contributed by atoms with Crippen molar-refractivity contribution in [3.8, 4) is 17.4 Å². The number of amides is 1. The van der Waals surface area contributed by atoms with Crippen molar-refractivity contribution in [1.82, 2.24) is 30.2 Å². The second-order valence-corrected chi connectivity index (χ2v) is 9.96. The molecular weight excluding hydrogens is 482 g/mol. The molecule has 0 radical (unpaired) electrons. The van der Waals surface area contributed by atoms with Gasteiger partial charge in [-0.25, -0.2) is 9.97 Å². The molecule has 0 aliphatic carbocycles. The van der Waals surface area contributed by atoms with Crippen LogP contribution in [0.4, 0.5) is 5.82 Å². The van der Waals surface area contributed by atoms with E-state index in [1.165, 1.54) is 5.56 Å². The van der Waals surface area contributed by atoms with E-state index in [1.54, 1.807) is 17.1 Å². The van der Waals surface area contributed by atoms with Crippen molar-refractivity contribution in [2.75, 3.05) is 37.7 Å². The molecule has 0 bridgehead atoms. The molecule has 10 nitrogen and oxygen atoms in total. The predicted molar refractivity (Wildman–Crippen MR) is 145 cm³/mol. The Morgan fingerprint density at radius 2 is 2.05 bits per heavy atom. The second-order valence-electron chi connectivity index (χ2n) is 9.96. The molecule has 1 aromatic carbocycles. The molecule has 3 aromatic rings. The van der Waals surface area contributed by atoms with Crippen LogP contribution in [0, 0.1) is 6.92 Å². The van der Waals surface area contributed by atoms with Gasteiger partial charge in [-0.05, 0) is 43.9 Å². The lowest BCUT2D eigenvalue weighted by molar-refractivity contribution is -0.122. The van der Waals surface area contributed by atoms with Gasteiger partial charge in [-0.3, -0.25) is 9.36 Å². The first-order valence-corrected chi connectivity index (χ1v) is 13.6. The van der Waals surface area contributed by atoms with Gasteiger partial charge in [0.2, 0.25) is 11.9 Å². The highest BCUT2D eigenvalue weighted by Gasteiger charge is 2.27. The van der Waals surface area contributed by atoms with Crippen LogP contribution in [0.25, 0.3) is 5.95 Å². The zero-order valence-electron chi connectivity index (χ0n) is 22.2. The summed E-state index contributed by atoms with van der Waals surface area (Å²) in [5, 5.41) is 6.76. The van der Waals surface area contributed by atoms with Gasteiger partial charge in [0.1, 0.15) is 25.4 Å². The summed E-state index contributed by atoms with van der Waals surface area (Å²) < 4.78 is 13.2. The van der Waals surface area contributed by atoms with Crippen LogP contribution in [0.5, 0.6) is 11.5 Å². The summed E-state index contributed by atoms with van der Waals surface area (Å²) in [7, 11) is 0. The number of nitrogens with zero attached hydrogens (tertiary/aromatic N) is 5. The highest BCUT2D eigenvalue weighted by atomic mass is 16.6. The number of carbonyl (C=O) groups is 1. The molecule has 2 aliphatic heterocycles. The Balaban J connectivity index is 1.22. The molecule has 0 saturated carbocycles.